The maximum Gasteiger partial charge on any atom is 0.0617 e. The van der Waals surface area contributed by atoms with Crippen LogP contribution in [0.25, 0.3) is 0 Å². The lowest BCUT2D eigenvalue weighted by Crippen LogP contribution is -2.26. The molecule has 1 saturated carbocycles. The average molecular weight is 190 g/mol. The molecule has 2 aliphatic carbocycles. The second-order valence-corrected chi connectivity index (χ2v) is 4.58. The third kappa shape index (κ3) is 1.60. The third-order valence-corrected chi connectivity index (χ3v) is 3.78. The highest BCUT2D eigenvalue weighted by Gasteiger charge is 2.45. The van der Waals surface area contributed by atoms with Gasteiger partial charge in [-0.3, -0.25) is 0 Å². The summed E-state index contributed by atoms with van der Waals surface area (Å²) in [7, 11) is 0. The van der Waals surface area contributed by atoms with Crippen molar-refractivity contribution in [3.05, 3.63) is 12.2 Å². The van der Waals surface area contributed by atoms with E-state index in [0.29, 0.717) is 11.8 Å². The molecule has 0 radical (unpaired) electrons. The van der Waals surface area contributed by atoms with Crippen molar-refractivity contribution in [1.82, 2.24) is 0 Å². The predicted octanol–water partition coefficient (Wildman–Crippen LogP) is 2.22. The van der Waals surface area contributed by atoms with Gasteiger partial charge in [-0.05, 0) is 24.7 Å². The number of aliphatic hydroxyl groups excluding tert-OH is 1. The molecule has 1 fully saturated rings. The van der Waals surface area contributed by atoms with E-state index in [1.807, 2.05) is 0 Å². The maximum absolute atomic E-state index is 10.2. The molecule has 0 heterocycles. The molecule has 5 atom stereocenters. The van der Waals surface area contributed by atoms with E-state index in [2.05, 4.69) is 25.0 Å². The first-order valence-electron chi connectivity index (χ1n) is 5.58. The summed E-state index contributed by atoms with van der Waals surface area (Å²) in [5.74, 6) is 4.51. The largest absolute Gasteiger partial charge is 0.392 e. The van der Waals surface area contributed by atoms with Crippen molar-refractivity contribution in [1.29, 1.82) is 0 Å². The summed E-state index contributed by atoms with van der Waals surface area (Å²) in [5.41, 5.74) is 0. The van der Waals surface area contributed by atoms with Crippen LogP contribution in [0.4, 0.5) is 0 Å². The molecule has 2 rings (SSSR count). The Labute approximate surface area is 86.2 Å². The van der Waals surface area contributed by atoms with E-state index in [1.54, 1.807) is 0 Å². The number of allylic oxidation sites excluding steroid dienone is 2. The van der Waals surface area contributed by atoms with Crippen molar-refractivity contribution >= 4 is 0 Å². The lowest BCUT2D eigenvalue weighted by Gasteiger charge is -2.21. The maximum atomic E-state index is 10.2. The zero-order chi connectivity index (χ0) is 10.1. The van der Waals surface area contributed by atoms with E-state index >= 15 is 0 Å². The van der Waals surface area contributed by atoms with Gasteiger partial charge in [0.1, 0.15) is 0 Å². The molecule has 0 aliphatic heterocycles. The normalized spacial score (nSPS) is 42.1. The first kappa shape index (κ1) is 9.80. The molecule has 2 aliphatic rings. The van der Waals surface area contributed by atoms with Crippen LogP contribution in [0, 0.1) is 36.0 Å². The van der Waals surface area contributed by atoms with Gasteiger partial charge in [-0.25, -0.2) is 0 Å². The van der Waals surface area contributed by atoms with Gasteiger partial charge in [-0.15, -0.1) is 6.42 Å². The Morgan fingerprint density at radius 1 is 1.57 bits per heavy atom. The van der Waals surface area contributed by atoms with Gasteiger partial charge in [0.15, 0.2) is 0 Å². The Morgan fingerprint density at radius 3 is 2.93 bits per heavy atom. The van der Waals surface area contributed by atoms with Crippen molar-refractivity contribution < 1.29 is 5.11 Å². The molecule has 0 amide bonds. The van der Waals surface area contributed by atoms with Gasteiger partial charge in [0.2, 0.25) is 0 Å². The first-order chi connectivity index (χ1) is 6.77. The summed E-state index contributed by atoms with van der Waals surface area (Å²) >= 11 is 0. The lowest BCUT2D eigenvalue weighted by molar-refractivity contribution is 0.0757. The second kappa shape index (κ2) is 3.79. The molecular formula is C13H18O. The summed E-state index contributed by atoms with van der Waals surface area (Å²) in [4.78, 5) is 0. The van der Waals surface area contributed by atoms with Gasteiger partial charge < -0.3 is 5.11 Å². The van der Waals surface area contributed by atoms with Crippen LogP contribution in [0.1, 0.15) is 26.2 Å². The van der Waals surface area contributed by atoms with Crippen LogP contribution in [0.15, 0.2) is 12.2 Å². The van der Waals surface area contributed by atoms with Crippen LogP contribution in [0.2, 0.25) is 0 Å². The molecule has 0 aromatic carbocycles. The molecule has 0 bridgehead atoms. The van der Waals surface area contributed by atoms with Gasteiger partial charge in [-0.2, -0.15) is 0 Å². The minimum absolute atomic E-state index is 0.170. The van der Waals surface area contributed by atoms with Crippen LogP contribution < -0.4 is 0 Å². The Kier molecular flexibility index (Phi) is 2.65. The summed E-state index contributed by atoms with van der Waals surface area (Å²) in [6.07, 6.45) is 12.8. The molecule has 0 aromatic rings. The summed E-state index contributed by atoms with van der Waals surface area (Å²) in [6.45, 7) is 2.20. The lowest BCUT2D eigenvalue weighted by atomic mass is 9.87. The van der Waals surface area contributed by atoms with Crippen LogP contribution in [-0.2, 0) is 0 Å². The van der Waals surface area contributed by atoms with E-state index in [0.717, 1.165) is 12.3 Å². The highest BCUT2D eigenvalue weighted by atomic mass is 16.3. The number of rotatable bonds is 3. The van der Waals surface area contributed by atoms with Crippen LogP contribution >= 0.6 is 0 Å². The molecule has 0 unspecified atom stereocenters. The van der Waals surface area contributed by atoms with Crippen molar-refractivity contribution in [3.63, 3.8) is 0 Å². The van der Waals surface area contributed by atoms with E-state index in [9.17, 15) is 5.11 Å². The van der Waals surface area contributed by atoms with Gasteiger partial charge in [-0.1, -0.05) is 31.4 Å². The molecule has 1 heteroatoms. The Balaban J connectivity index is 1.93. The summed E-state index contributed by atoms with van der Waals surface area (Å²) in [5, 5.41) is 10.2. The van der Waals surface area contributed by atoms with Crippen LogP contribution in [0.3, 0.4) is 0 Å². The third-order valence-electron chi connectivity index (χ3n) is 3.78. The van der Waals surface area contributed by atoms with Crippen LogP contribution in [0.5, 0.6) is 0 Å². The van der Waals surface area contributed by atoms with Crippen molar-refractivity contribution in [2.75, 3.05) is 0 Å². The molecule has 0 aromatic heterocycles. The average Bonchev–Trinajstić information content (AvgIpc) is 2.85. The quantitative estimate of drug-likeness (QED) is 0.534. The highest BCUT2D eigenvalue weighted by Crippen LogP contribution is 2.48. The van der Waals surface area contributed by atoms with E-state index < -0.39 is 0 Å². The SMILES string of the molecule is C#C[C@@H]1C=CC[C@H]1[C@H](O)[C@@H]1C[C@@H]1CC. The van der Waals surface area contributed by atoms with E-state index in [-0.39, 0.29) is 12.0 Å². The van der Waals surface area contributed by atoms with Gasteiger partial charge in [0.05, 0.1) is 6.10 Å². The fourth-order valence-corrected chi connectivity index (χ4v) is 2.68. The monoisotopic (exact) mass is 190 g/mol. The molecule has 14 heavy (non-hydrogen) atoms. The number of aliphatic hydroxyl groups is 1. The molecule has 0 saturated heterocycles. The van der Waals surface area contributed by atoms with Gasteiger partial charge >= 0.3 is 0 Å². The number of hydrogen-bond donors (Lipinski definition) is 1. The molecule has 76 valence electrons. The Morgan fingerprint density at radius 2 is 2.36 bits per heavy atom. The first-order valence-corrected chi connectivity index (χ1v) is 5.58. The molecule has 1 N–H and O–H groups in total. The predicted molar refractivity (Wildman–Crippen MR) is 57.5 cm³/mol. The number of hydrogen-bond acceptors (Lipinski definition) is 1. The van der Waals surface area contributed by atoms with Gasteiger partial charge in [0.25, 0.3) is 0 Å². The van der Waals surface area contributed by atoms with Gasteiger partial charge in [0, 0.05) is 11.8 Å². The van der Waals surface area contributed by atoms with Crippen molar-refractivity contribution in [2.24, 2.45) is 23.7 Å². The summed E-state index contributed by atoms with van der Waals surface area (Å²) in [6, 6.07) is 0. The molecular weight excluding hydrogens is 172 g/mol. The standard InChI is InChI=1S/C13H18O/c1-3-9-6-5-7-11(9)13(14)12-8-10(12)4-2/h1,5-6,9-14H,4,7-8H2,2H3/t9-,10+,11-,12-,13+/m1/s1. The fraction of sp³-hybridized carbons (Fsp3) is 0.692. The summed E-state index contributed by atoms with van der Waals surface area (Å²) < 4.78 is 0. The highest BCUT2D eigenvalue weighted by molar-refractivity contribution is 5.16. The molecule has 0 spiro atoms. The topological polar surface area (TPSA) is 20.2 Å². The van der Waals surface area contributed by atoms with Crippen molar-refractivity contribution in [2.45, 2.75) is 32.3 Å². The van der Waals surface area contributed by atoms with E-state index in [1.165, 1.54) is 12.8 Å². The smallest absolute Gasteiger partial charge is 0.0617 e. The number of terminal acetylenes is 1. The zero-order valence-electron chi connectivity index (χ0n) is 8.69. The minimum atomic E-state index is -0.170. The van der Waals surface area contributed by atoms with Crippen molar-refractivity contribution in [3.8, 4) is 12.3 Å². The minimum Gasteiger partial charge on any atom is -0.392 e. The Hall–Kier alpha value is -0.740. The zero-order valence-corrected chi connectivity index (χ0v) is 8.69. The van der Waals surface area contributed by atoms with Crippen LogP contribution in [-0.4, -0.2) is 11.2 Å². The second-order valence-electron chi connectivity index (χ2n) is 4.58. The fourth-order valence-electron chi connectivity index (χ4n) is 2.68. The van der Waals surface area contributed by atoms with E-state index in [4.69, 9.17) is 6.42 Å². The molecule has 1 nitrogen and oxygen atoms in total. The Bertz CT molecular complexity index is 273.